The molecule has 0 amide bonds. The van der Waals surface area contributed by atoms with Crippen molar-refractivity contribution in [3.8, 4) is 5.75 Å². The summed E-state index contributed by atoms with van der Waals surface area (Å²) < 4.78 is 6.07. The smallest absolute Gasteiger partial charge is 0.194 e. The molecule has 0 radical (unpaired) electrons. The first kappa shape index (κ1) is 13.8. The maximum atomic E-state index is 12.5. The SMILES string of the molecule is COc1cc(C(=O)c2ccc(C)cc2Br)ccc1C. The quantitative estimate of drug-likeness (QED) is 0.788. The molecule has 0 fully saturated rings. The molecule has 0 heterocycles. The minimum Gasteiger partial charge on any atom is -0.496 e. The fraction of sp³-hybridized carbons (Fsp3) is 0.188. The fourth-order valence-corrected chi connectivity index (χ4v) is 2.59. The summed E-state index contributed by atoms with van der Waals surface area (Å²) in [5.74, 6) is 0.722. The van der Waals surface area contributed by atoms with Gasteiger partial charge in [0.05, 0.1) is 7.11 Å². The molecule has 2 aromatic rings. The largest absolute Gasteiger partial charge is 0.496 e. The molecule has 2 rings (SSSR count). The molecule has 98 valence electrons. The van der Waals surface area contributed by atoms with Gasteiger partial charge in [-0.3, -0.25) is 4.79 Å². The summed E-state index contributed by atoms with van der Waals surface area (Å²) in [6, 6.07) is 11.2. The second-order valence-electron chi connectivity index (χ2n) is 4.50. The van der Waals surface area contributed by atoms with Gasteiger partial charge < -0.3 is 4.74 Å². The van der Waals surface area contributed by atoms with Crippen LogP contribution in [-0.2, 0) is 0 Å². The molecule has 0 saturated carbocycles. The topological polar surface area (TPSA) is 26.3 Å². The van der Waals surface area contributed by atoms with Gasteiger partial charge in [0.25, 0.3) is 0 Å². The van der Waals surface area contributed by atoms with Gasteiger partial charge in [0.1, 0.15) is 5.75 Å². The lowest BCUT2D eigenvalue weighted by molar-refractivity contribution is 0.103. The second-order valence-corrected chi connectivity index (χ2v) is 5.35. The molecule has 3 heteroatoms. The van der Waals surface area contributed by atoms with Crippen molar-refractivity contribution in [3.05, 3.63) is 63.1 Å². The Morgan fingerprint density at radius 2 is 1.84 bits per heavy atom. The number of carbonyl (C=O) groups excluding carboxylic acids is 1. The average Bonchev–Trinajstić information content (AvgIpc) is 2.38. The Hall–Kier alpha value is -1.61. The van der Waals surface area contributed by atoms with Gasteiger partial charge in [-0.2, -0.15) is 0 Å². The number of ether oxygens (including phenoxy) is 1. The fourth-order valence-electron chi connectivity index (χ4n) is 1.92. The molecule has 0 aromatic heterocycles. The number of hydrogen-bond donors (Lipinski definition) is 0. The first-order valence-corrected chi connectivity index (χ1v) is 6.77. The highest BCUT2D eigenvalue weighted by molar-refractivity contribution is 9.10. The van der Waals surface area contributed by atoms with Crippen LogP contribution >= 0.6 is 15.9 Å². The summed E-state index contributed by atoms with van der Waals surface area (Å²) in [7, 11) is 1.61. The van der Waals surface area contributed by atoms with E-state index < -0.39 is 0 Å². The zero-order chi connectivity index (χ0) is 14.0. The van der Waals surface area contributed by atoms with Crippen LogP contribution in [0.5, 0.6) is 5.75 Å². The zero-order valence-electron chi connectivity index (χ0n) is 11.2. The summed E-state index contributed by atoms with van der Waals surface area (Å²) in [5.41, 5.74) is 3.43. The van der Waals surface area contributed by atoms with Crippen molar-refractivity contribution in [1.82, 2.24) is 0 Å². The van der Waals surface area contributed by atoms with Gasteiger partial charge in [-0.15, -0.1) is 0 Å². The molecule has 19 heavy (non-hydrogen) atoms. The zero-order valence-corrected chi connectivity index (χ0v) is 12.7. The number of carbonyl (C=O) groups is 1. The van der Waals surface area contributed by atoms with Gasteiger partial charge >= 0.3 is 0 Å². The molecule has 0 aliphatic rings. The predicted octanol–water partition coefficient (Wildman–Crippen LogP) is 4.31. The first-order valence-electron chi connectivity index (χ1n) is 5.98. The lowest BCUT2D eigenvalue weighted by atomic mass is 10.0. The molecular formula is C16H15BrO2. The molecule has 0 aliphatic heterocycles. The highest BCUT2D eigenvalue weighted by Crippen LogP contribution is 2.25. The molecule has 0 unspecified atom stereocenters. The third-order valence-electron chi connectivity index (χ3n) is 3.04. The number of ketones is 1. The average molecular weight is 319 g/mol. The Morgan fingerprint density at radius 1 is 1.11 bits per heavy atom. The van der Waals surface area contributed by atoms with E-state index in [2.05, 4.69) is 15.9 Å². The Labute approximate surface area is 121 Å². The van der Waals surface area contributed by atoms with Gasteiger partial charge in [-0.25, -0.2) is 0 Å². The third-order valence-corrected chi connectivity index (χ3v) is 3.70. The number of methoxy groups -OCH3 is 1. The molecule has 2 aromatic carbocycles. The molecule has 2 nitrogen and oxygen atoms in total. The number of halogens is 1. The summed E-state index contributed by atoms with van der Waals surface area (Å²) in [6.45, 7) is 3.95. The van der Waals surface area contributed by atoms with Crippen molar-refractivity contribution in [3.63, 3.8) is 0 Å². The van der Waals surface area contributed by atoms with Crippen molar-refractivity contribution >= 4 is 21.7 Å². The normalized spacial score (nSPS) is 10.3. The lowest BCUT2D eigenvalue weighted by Gasteiger charge is -2.08. The summed E-state index contributed by atoms with van der Waals surface area (Å²) in [5, 5.41) is 0. The second kappa shape index (κ2) is 5.57. The monoisotopic (exact) mass is 318 g/mol. The Balaban J connectivity index is 2.44. The standard InChI is InChI=1S/C16H15BrO2/c1-10-4-7-13(14(17)8-10)16(18)12-6-5-11(2)15(9-12)19-3/h4-9H,1-3H3. The van der Waals surface area contributed by atoms with Crippen molar-refractivity contribution < 1.29 is 9.53 Å². The van der Waals surface area contributed by atoms with E-state index in [9.17, 15) is 4.79 Å². The van der Waals surface area contributed by atoms with Crippen molar-refractivity contribution in [2.75, 3.05) is 7.11 Å². The maximum absolute atomic E-state index is 12.5. The lowest BCUT2D eigenvalue weighted by Crippen LogP contribution is -2.03. The Morgan fingerprint density at radius 3 is 2.47 bits per heavy atom. The molecule has 0 N–H and O–H groups in total. The number of aryl methyl sites for hydroxylation is 2. The van der Waals surface area contributed by atoms with E-state index >= 15 is 0 Å². The van der Waals surface area contributed by atoms with Crippen LogP contribution < -0.4 is 4.74 Å². The van der Waals surface area contributed by atoms with Crippen molar-refractivity contribution in [2.45, 2.75) is 13.8 Å². The highest BCUT2D eigenvalue weighted by Gasteiger charge is 2.14. The van der Waals surface area contributed by atoms with Gasteiger partial charge in [0.15, 0.2) is 5.78 Å². The Bertz CT molecular complexity index is 633. The first-order chi connectivity index (χ1) is 9.02. The molecule has 0 saturated heterocycles. The van der Waals surface area contributed by atoms with Crippen LogP contribution in [0, 0.1) is 13.8 Å². The van der Waals surface area contributed by atoms with Crippen molar-refractivity contribution in [1.29, 1.82) is 0 Å². The van der Waals surface area contributed by atoms with Crippen LogP contribution in [0.1, 0.15) is 27.0 Å². The molecule has 0 aliphatic carbocycles. The van der Waals surface area contributed by atoms with Crippen LogP contribution in [0.25, 0.3) is 0 Å². The van der Waals surface area contributed by atoms with Crippen molar-refractivity contribution in [2.24, 2.45) is 0 Å². The Kier molecular flexibility index (Phi) is 4.05. The van der Waals surface area contributed by atoms with E-state index in [4.69, 9.17) is 4.74 Å². The van der Waals surface area contributed by atoms with E-state index in [0.29, 0.717) is 11.1 Å². The van der Waals surface area contributed by atoms with E-state index in [1.54, 1.807) is 13.2 Å². The van der Waals surface area contributed by atoms with E-state index in [1.165, 1.54) is 0 Å². The van der Waals surface area contributed by atoms with Crippen LogP contribution in [0.3, 0.4) is 0 Å². The van der Waals surface area contributed by atoms with Gasteiger partial charge in [-0.05, 0) is 43.2 Å². The summed E-state index contributed by atoms with van der Waals surface area (Å²) in [4.78, 5) is 12.5. The summed E-state index contributed by atoms with van der Waals surface area (Å²) in [6.07, 6.45) is 0. The highest BCUT2D eigenvalue weighted by atomic mass is 79.9. The molecule has 0 spiro atoms. The number of benzene rings is 2. The van der Waals surface area contributed by atoms with Crippen LogP contribution in [0.4, 0.5) is 0 Å². The molecule has 0 bridgehead atoms. The minimum absolute atomic E-state index is 0.00910. The minimum atomic E-state index is -0.00910. The van der Waals surface area contributed by atoms with Gasteiger partial charge in [0, 0.05) is 15.6 Å². The van der Waals surface area contributed by atoms with Gasteiger partial charge in [0.2, 0.25) is 0 Å². The number of hydrogen-bond acceptors (Lipinski definition) is 2. The van der Waals surface area contributed by atoms with Crippen LogP contribution in [0.15, 0.2) is 40.9 Å². The summed E-state index contributed by atoms with van der Waals surface area (Å²) >= 11 is 3.44. The molecule has 0 atom stereocenters. The van der Waals surface area contributed by atoms with E-state index in [-0.39, 0.29) is 5.78 Å². The van der Waals surface area contributed by atoms with E-state index in [1.807, 2.05) is 44.2 Å². The predicted molar refractivity (Wildman–Crippen MR) is 80.0 cm³/mol. The third kappa shape index (κ3) is 2.87. The van der Waals surface area contributed by atoms with Crippen LogP contribution in [0.2, 0.25) is 0 Å². The van der Waals surface area contributed by atoms with Gasteiger partial charge in [-0.1, -0.05) is 34.1 Å². The molecular weight excluding hydrogens is 304 g/mol. The number of rotatable bonds is 3. The maximum Gasteiger partial charge on any atom is 0.194 e. The van der Waals surface area contributed by atoms with E-state index in [0.717, 1.165) is 21.3 Å². The van der Waals surface area contributed by atoms with Crippen LogP contribution in [-0.4, -0.2) is 12.9 Å².